The first-order chi connectivity index (χ1) is 14.9. The molecule has 158 valence electrons. The number of halogens is 1. The average molecular weight is 481 g/mol. The summed E-state index contributed by atoms with van der Waals surface area (Å²) in [5.41, 5.74) is 6.15. The summed E-state index contributed by atoms with van der Waals surface area (Å²) >= 11 is 3.35. The summed E-state index contributed by atoms with van der Waals surface area (Å²) in [5, 5.41) is 7.14. The van der Waals surface area contributed by atoms with Crippen LogP contribution in [-0.2, 0) is 6.42 Å². The summed E-state index contributed by atoms with van der Waals surface area (Å²) in [6.07, 6.45) is 2.23. The molecule has 2 amide bonds. The summed E-state index contributed by atoms with van der Waals surface area (Å²) in [7, 11) is 0. The van der Waals surface area contributed by atoms with E-state index in [2.05, 4.69) is 36.8 Å². The molecular weight excluding hydrogens is 460 g/mol. The van der Waals surface area contributed by atoms with Crippen molar-refractivity contribution in [2.24, 2.45) is 5.10 Å². The van der Waals surface area contributed by atoms with E-state index in [4.69, 9.17) is 4.42 Å². The van der Waals surface area contributed by atoms with E-state index in [1.807, 2.05) is 26.0 Å². The molecule has 0 fully saturated rings. The zero-order valence-corrected chi connectivity index (χ0v) is 18.7. The van der Waals surface area contributed by atoms with Crippen molar-refractivity contribution in [2.45, 2.75) is 33.1 Å². The number of hydrazone groups is 1. The van der Waals surface area contributed by atoms with Crippen LogP contribution in [0.1, 0.15) is 56.3 Å². The van der Waals surface area contributed by atoms with Gasteiger partial charge in [0.15, 0.2) is 5.76 Å². The Morgan fingerprint density at radius 2 is 1.84 bits per heavy atom. The predicted molar refractivity (Wildman–Crippen MR) is 121 cm³/mol. The minimum Gasteiger partial charge on any atom is -0.455 e. The summed E-state index contributed by atoms with van der Waals surface area (Å²) in [5.74, 6) is 0.763. The summed E-state index contributed by atoms with van der Waals surface area (Å²) in [6.45, 7) is 3.69. The van der Waals surface area contributed by atoms with Crippen LogP contribution >= 0.6 is 15.9 Å². The number of hydrogen-bond acceptors (Lipinski definition) is 5. The summed E-state index contributed by atoms with van der Waals surface area (Å²) < 4.78 is 6.79. The Kier molecular flexibility index (Phi) is 5.99. The van der Waals surface area contributed by atoms with Crippen LogP contribution in [0.4, 0.5) is 5.82 Å². The SMILES string of the molecule is Cc1cccc(NC(=O)c2oc3c(c2C)/C(=N/NC(=O)c2ccc(Br)cc2)CCC3)n1. The molecule has 3 aromatic rings. The molecule has 8 heteroatoms. The normalized spacial score (nSPS) is 14.2. The van der Waals surface area contributed by atoms with Crippen molar-refractivity contribution in [1.82, 2.24) is 10.4 Å². The Labute approximate surface area is 188 Å². The van der Waals surface area contributed by atoms with E-state index in [1.165, 1.54) is 0 Å². The molecule has 2 N–H and O–H groups in total. The van der Waals surface area contributed by atoms with Gasteiger partial charge in [-0.2, -0.15) is 5.10 Å². The number of fused-ring (bicyclic) bond motifs is 1. The Hall–Kier alpha value is -3.26. The molecule has 0 saturated carbocycles. The van der Waals surface area contributed by atoms with Gasteiger partial charge in [0.05, 0.1) is 5.71 Å². The lowest BCUT2D eigenvalue weighted by molar-refractivity contribution is 0.0953. The molecule has 0 radical (unpaired) electrons. The first kappa shape index (κ1) is 21.0. The highest BCUT2D eigenvalue weighted by atomic mass is 79.9. The number of carbonyl (C=O) groups is 2. The number of carbonyl (C=O) groups excluding carboxylic acids is 2. The highest BCUT2D eigenvalue weighted by molar-refractivity contribution is 9.10. The Bertz CT molecular complexity index is 1180. The molecule has 0 atom stereocenters. The van der Waals surface area contributed by atoms with Crippen LogP contribution < -0.4 is 10.7 Å². The maximum atomic E-state index is 12.8. The van der Waals surface area contributed by atoms with Gasteiger partial charge in [-0.1, -0.05) is 22.0 Å². The fourth-order valence-electron chi connectivity index (χ4n) is 3.57. The van der Waals surface area contributed by atoms with Gasteiger partial charge in [0, 0.05) is 33.3 Å². The lowest BCUT2D eigenvalue weighted by Gasteiger charge is -2.13. The molecule has 1 aliphatic carbocycles. The van der Waals surface area contributed by atoms with Crippen molar-refractivity contribution in [3.8, 4) is 0 Å². The maximum Gasteiger partial charge on any atom is 0.292 e. The van der Waals surface area contributed by atoms with E-state index < -0.39 is 0 Å². The third kappa shape index (κ3) is 4.59. The number of furan rings is 1. The Morgan fingerprint density at radius 1 is 1.06 bits per heavy atom. The molecule has 1 aromatic carbocycles. The van der Waals surface area contributed by atoms with Gasteiger partial charge in [-0.05, 0) is 63.1 Å². The number of amides is 2. The van der Waals surface area contributed by atoms with Crippen LogP contribution in [0, 0.1) is 13.8 Å². The molecule has 2 aromatic heterocycles. The van der Waals surface area contributed by atoms with E-state index in [9.17, 15) is 9.59 Å². The van der Waals surface area contributed by atoms with E-state index in [0.717, 1.165) is 22.2 Å². The van der Waals surface area contributed by atoms with Gasteiger partial charge in [-0.15, -0.1) is 0 Å². The molecule has 0 spiro atoms. The number of nitrogens with one attached hydrogen (secondary N) is 2. The van der Waals surface area contributed by atoms with Gasteiger partial charge in [-0.25, -0.2) is 10.4 Å². The van der Waals surface area contributed by atoms with Gasteiger partial charge in [0.25, 0.3) is 11.8 Å². The third-order valence-electron chi connectivity index (χ3n) is 5.06. The second-order valence-corrected chi connectivity index (χ2v) is 8.25. The van der Waals surface area contributed by atoms with Gasteiger partial charge in [0.2, 0.25) is 0 Å². The van der Waals surface area contributed by atoms with Crippen molar-refractivity contribution >= 4 is 39.3 Å². The zero-order valence-electron chi connectivity index (χ0n) is 17.2. The van der Waals surface area contributed by atoms with E-state index >= 15 is 0 Å². The lowest BCUT2D eigenvalue weighted by Crippen LogP contribution is -2.22. The van der Waals surface area contributed by atoms with Crippen LogP contribution in [0.2, 0.25) is 0 Å². The standard InChI is InChI=1S/C23H21BrN4O3/c1-13-5-3-8-19(25-13)26-23(30)21-14(2)20-17(6-4-7-18(20)31-21)27-28-22(29)15-9-11-16(24)12-10-15/h3,5,8-12H,4,6-7H2,1-2H3,(H,28,29)(H,25,26,30)/b27-17+. The van der Waals surface area contributed by atoms with Crippen molar-refractivity contribution in [3.63, 3.8) is 0 Å². The lowest BCUT2D eigenvalue weighted by atomic mass is 9.93. The molecule has 2 heterocycles. The van der Waals surface area contributed by atoms with E-state index in [0.29, 0.717) is 41.3 Å². The van der Waals surface area contributed by atoms with Crippen molar-refractivity contribution in [3.05, 3.63) is 80.8 Å². The number of pyridine rings is 1. The topological polar surface area (TPSA) is 96.6 Å². The third-order valence-corrected chi connectivity index (χ3v) is 5.59. The van der Waals surface area contributed by atoms with Gasteiger partial charge < -0.3 is 9.73 Å². The number of anilines is 1. The number of hydrogen-bond donors (Lipinski definition) is 2. The number of aryl methyl sites for hydroxylation is 2. The van der Waals surface area contributed by atoms with Gasteiger partial charge in [-0.3, -0.25) is 9.59 Å². The summed E-state index contributed by atoms with van der Waals surface area (Å²) in [4.78, 5) is 29.5. The first-order valence-corrected chi connectivity index (χ1v) is 10.7. The van der Waals surface area contributed by atoms with Crippen LogP contribution in [0.15, 0.2) is 56.5 Å². The molecule has 4 rings (SSSR count). The smallest absolute Gasteiger partial charge is 0.292 e. The number of benzene rings is 1. The Morgan fingerprint density at radius 3 is 2.58 bits per heavy atom. The highest BCUT2D eigenvalue weighted by Gasteiger charge is 2.28. The van der Waals surface area contributed by atoms with Crippen molar-refractivity contribution in [1.29, 1.82) is 0 Å². The Balaban J connectivity index is 1.56. The minimum atomic E-state index is -0.358. The fraction of sp³-hybridized carbons (Fsp3) is 0.217. The fourth-order valence-corrected chi connectivity index (χ4v) is 3.83. The highest BCUT2D eigenvalue weighted by Crippen LogP contribution is 2.30. The maximum absolute atomic E-state index is 12.8. The minimum absolute atomic E-state index is 0.238. The first-order valence-electron chi connectivity index (χ1n) is 9.92. The second-order valence-electron chi connectivity index (χ2n) is 7.33. The van der Waals surface area contributed by atoms with Crippen LogP contribution in [-0.4, -0.2) is 22.5 Å². The molecule has 7 nitrogen and oxygen atoms in total. The number of aromatic nitrogens is 1. The van der Waals surface area contributed by atoms with Crippen LogP contribution in [0.25, 0.3) is 0 Å². The molecule has 31 heavy (non-hydrogen) atoms. The molecule has 0 saturated heterocycles. The number of nitrogens with zero attached hydrogens (tertiary/aromatic N) is 2. The molecule has 0 aliphatic heterocycles. The van der Waals surface area contributed by atoms with Crippen LogP contribution in [0.3, 0.4) is 0 Å². The summed E-state index contributed by atoms with van der Waals surface area (Å²) in [6, 6.07) is 12.5. The van der Waals surface area contributed by atoms with Gasteiger partial charge >= 0.3 is 0 Å². The van der Waals surface area contributed by atoms with E-state index in [-0.39, 0.29) is 17.6 Å². The number of rotatable bonds is 4. The van der Waals surface area contributed by atoms with Crippen molar-refractivity contribution in [2.75, 3.05) is 5.32 Å². The average Bonchev–Trinajstić information content (AvgIpc) is 3.10. The van der Waals surface area contributed by atoms with Gasteiger partial charge in [0.1, 0.15) is 11.6 Å². The molecule has 1 aliphatic rings. The quantitative estimate of drug-likeness (QED) is 0.525. The monoisotopic (exact) mass is 480 g/mol. The molecule has 0 bridgehead atoms. The predicted octanol–water partition coefficient (Wildman–Crippen LogP) is 4.78. The van der Waals surface area contributed by atoms with E-state index in [1.54, 1.807) is 30.3 Å². The zero-order chi connectivity index (χ0) is 22.0. The molecule has 0 unspecified atom stereocenters. The largest absolute Gasteiger partial charge is 0.455 e. The van der Waals surface area contributed by atoms with Crippen molar-refractivity contribution < 1.29 is 14.0 Å². The second kappa shape index (κ2) is 8.85. The van der Waals surface area contributed by atoms with Crippen LogP contribution in [0.5, 0.6) is 0 Å². The molecular formula is C23H21BrN4O3.